The Morgan fingerprint density at radius 3 is 3.08 bits per heavy atom. The highest BCUT2D eigenvalue weighted by molar-refractivity contribution is 7.09. The van der Waals surface area contributed by atoms with Gasteiger partial charge < -0.3 is 10.4 Å². The topological polar surface area (TPSA) is 45.1 Å². The van der Waals surface area contributed by atoms with E-state index in [0.29, 0.717) is 0 Å². The molecule has 0 amide bonds. The summed E-state index contributed by atoms with van der Waals surface area (Å²) in [5, 5.41) is 12.1. The van der Waals surface area contributed by atoms with Gasteiger partial charge in [-0.15, -0.1) is 11.3 Å². The summed E-state index contributed by atoms with van der Waals surface area (Å²) in [5.41, 5.74) is 1.82. The van der Waals surface area contributed by atoms with Gasteiger partial charge in [-0.05, 0) is 6.42 Å². The van der Waals surface area contributed by atoms with E-state index in [-0.39, 0.29) is 12.6 Å². The molecule has 1 heterocycles. The first-order valence-electron chi connectivity index (χ1n) is 4.08. The number of aromatic nitrogens is 1. The van der Waals surface area contributed by atoms with Crippen molar-refractivity contribution in [1.82, 2.24) is 10.3 Å². The Morgan fingerprint density at radius 2 is 2.58 bits per heavy atom. The third-order valence-corrected chi connectivity index (χ3v) is 2.54. The Labute approximate surface area is 76.5 Å². The largest absolute Gasteiger partial charge is 0.395 e. The van der Waals surface area contributed by atoms with E-state index in [1.165, 1.54) is 4.88 Å². The summed E-state index contributed by atoms with van der Waals surface area (Å²) in [6, 6.07) is 0.215. The lowest BCUT2D eigenvalue weighted by atomic mass is 10.2. The molecule has 0 aromatic carbocycles. The van der Waals surface area contributed by atoms with Gasteiger partial charge in [0, 0.05) is 23.7 Å². The number of hydrogen-bond donors (Lipinski definition) is 2. The van der Waals surface area contributed by atoms with E-state index in [0.717, 1.165) is 13.0 Å². The SMILES string of the molecule is CC[C@@H](CO)NCc1cncs1. The summed E-state index contributed by atoms with van der Waals surface area (Å²) in [4.78, 5) is 5.18. The van der Waals surface area contributed by atoms with Crippen LogP contribution in [0.3, 0.4) is 0 Å². The molecular weight excluding hydrogens is 172 g/mol. The molecule has 1 aromatic heterocycles. The molecule has 0 radical (unpaired) electrons. The fourth-order valence-corrected chi connectivity index (χ4v) is 1.46. The Kier molecular flexibility index (Phi) is 4.21. The highest BCUT2D eigenvalue weighted by Gasteiger charge is 2.03. The third kappa shape index (κ3) is 2.89. The van der Waals surface area contributed by atoms with E-state index in [2.05, 4.69) is 17.2 Å². The maximum Gasteiger partial charge on any atom is 0.0794 e. The minimum absolute atomic E-state index is 0.204. The lowest BCUT2D eigenvalue weighted by molar-refractivity contribution is 0.238. The van der Waals surface area contributed by atoms with Gasteiger partial charge >= 0.3 is 0 Å². The Morgan fingerprint density at radius 1 is 1.75 bits per heavy atom. The molecule has 68 valence electrons. The second-order valence-corrected chi connectivity index (χ2v) is 3.61. The summed E-state index contributed by atoms with van der Waals surface area (Å²) in [6.45, 7) is 3.07. The molecule has 1 atom stereocenters. The van der Waals surface area contributed by atoms with Crippen LogP contribution >= 0.6 is 11.3 Å². The van der Waals surface area contributed by atoms with Crippen molar-refractivity contribution in [3.05, 3.63) is 16.6 Å². The molecule has 0 fully saturated rings. The van der Waals surface area contributed by atoms with Crippen LogP contribution in [0.1, 0.15) is 18.2 Å². The lowest BCUT2D eigenvalue weighted by Crippen LogP contribution is -2.30. The van der Waals surface area contributed by atoms with Crippen LogP contribution in [0.5, 0.6) is 0 Å². The van der Waals surface area contributed by atoms with Crippen molar-refractivity contribution in [2.45, 2.75) is 25.9 Å². The van der Waals surface area contributed by atoms with Gasteiger partial charge in [0.1, 0.15) is 0 Å². The minimum atomic E-state index is 0.204. The molecule has 0 saturated heterocycles. The Bertz CT molecular complexity index is 197. The van der Waals surface area contributed by atoms with Crippen LogP contribution in [0.25, 0.3) is 0 Å². The van der Waals surface area contributed by atoms with Gasteiger partial charge in [0.15, 0.2) is 0 Å². The molecule has 0 spiro atoms. The zero-order chi connectivity index (χ0) is 8.81. The lowest BCUT2D eigenvalue weighted by Gasteiger charge is -2.12. The molecule has 3 nitrogen and oxygen atoms in total. The maximum atomic E-state index is 8.88. The number of rotatable bonds is 5. The molecule has 12 heavy (non-hydrogen) atoms. The van der Waals surface area contributed by atoms with Gasteiger partial charge in [-0.1, -0.05) is 6.92 Å². The predicted molar refractivity (Wildman–Crippen MR) is 50.1 cm³/mol. The van der Waals surface area contributed by atoms with Gasteiger partial charge in [0.25, 0.3) is 0 Å². The third-order valence-electron chi connectivity index (χ3n) is 1.76. The fraction of sp³-hybridized carbons (Fsp3) is 0.625. The van der Waals surface area contributed by atoms with Gasteiger partial charge in [0.05, 0.1) is 12.1 Å². The van der Waals surface area contributed by atoms with E-state index in [1.807, 2.05) is 11.7 Å². The molecule has 2 N–H and O–H groups in total. The van der Waals surface area contributed by atoms with E-state index in [1.54, 1.807) is 11.3 Å². The number of hydrogen-bond acceptors (Lipinski definition) is 4. The summed E-state index contributed by atoms with van der Waals surface area (Å²) < 4.78 is 0. The van der Waals surface area contributed by atoms with Crippen molar-refractivity contribution in [3.63, 3.8) is 0 Å². The van der Waals surface area contributed by atoms with Crippen LogP contribution in [-0.4, -0.2) is 22.7 Å². The zero-order valence-electron chi connectivity index (χ0n) is 7.16. The quantitative estimate of drug-likeness (QED) is 0.721. The van der Waals surface area contributed by atoms with Crippen LogP contribution in [0.2, 0.25) is 0 Å². The van der Waals surface area contributed by atoms with Crippen LogP contribution in [-0.2, 0) is 6.54 Å². The first-order chi connectivity index (χ1) is 5.86. The highest BCUT2D eigenvalue weighted by Crippen LogP contribution is 2.05. The normalized spacial score (nSPS) is 13.2. The molecular formula is C8H14N2OS. The molecule has 4 heteroatoms. The van der Waals surface area contributed by atoms with Crippen molar-refractivity contribution in [1.29, 1.82) is 0 Å². The average Bonchev–Trinajstić information content (AvgIpc) is 2.59. The Balaban J connectivity index is 2.25. The summed E-state index contributed by atoms with van der Waals surface area (Å²) in [7, 11) is 0. The number of nitrogens with zero attached hydrogens (tertiary/aromatic N) is 1. The van der Waals surface area contributed by atoms with Crippen molar-refractivity contribution in [2.24, 2.45) is 0 Å². The molecule has 0 aliphatic carbocycles. The van der Waals surface area contributed by atoms with Crippen molar-refractivity contribution < 1.29 is 5.11 Å². The number of thiazole rings is 1. The summed E-state index contributed by atoms with van der Waals surface area (Å²) in [6.07, 6.45) is 2.80. The number of nitrogens with one attached hydrogen (secondary N) is 1. The first-order valence-corrected chi connectivity index (χ1v) is 4.96. The van der Waals surface area contributed by atoms with Crippen molar-refractivity contribution in [2.75, 3.05) is 6.61 Å². The smallest absolute Gasteiger partial charge is 0.0794 e. The first kappa shape index (κ1) is 9.64. The predicted octanol–water partition coefficient (Wildman–Crippen LogP) is 1.00. The molecule has 1 aromatic rings. The molecule has 0 aliphatic rings. The average molecular weight is 186 g/mol. The molecule has 0 aliphatic heterocycles. The fourth-order valence-electron chi connectivity index (χ4n) is 0.912. The van der Waals surface area contributed by atoms with Gasteiger partial charge in [-0.3, -0.25) is 4.98 Å². The minimum Gasteiger partial charge on any atom is -0.395 e. The van der Waals surface area contributed by atoms with Crippen molar-refractivity contribution in [3.8, 4) is 0 Å². The van der Waals surface area contributed by atoms with Crippen molar-refractivity contribution >= 4 is 11.3 Å². The van der Waals surface area contributed by atoms with Crippen LogP contribution in [0.4, 0.5) is 0 Å². The second kappa shape index (κ2) is 5.24. The molecule has 0 unspecified atom stereocenters. The number of aliphatic hydroxyl groups excluding tert-OH is 1. The van der Waals surface area contributed by atoms with E-state index in [9.17, 15) is 0 Å². The van der Waals surface area contributed by atoms with Gasteiger partial charge in [-0.25, -0.2) is 0 Å². The maximum absolute atomic E-state index is 8.88. The van der Waals surface area contributed by atoms with E-state index < -0.39 is 0 Å². The molecule has 1 rings (SSSR count). The summed E-state index contributed by atoms with van der Waals surface area (Å²) >= 11 is 1.63. The summed E-state index contributed by atoms with van der Waals surface area (Å²) in [5.74, 6) is 0. The number of aliphatic hydroxyl groups is 1. The molecule has 0 bridgehead atoms. The molecule has 0 saturated carbocycles. The highest BCUT2D eigenvalue weighted by atomic mass is 32.1. The van der Waals surface area contributed by atoms with E-state index >= 15 is 0 Å². The van der Waals surface area contributed by atoms with Crippen LogP contribution in [0, 0.1) is 0 Å². The van der Waals surface area contributed by atoms with E-state index in [4.69, 9.17) is 5.11 Å². The van der Waals surface area contributed by atoms with Crippen LogP contribution in [0.15, 0.2) is 11.7 Å². The van der Waals surface area contributed by atoms with Gasteiger partial charge in [0.2, 0.25) is 0 Å². The van der Waals surface area contributed by atoms with Gasteiger partial charge in [-0.2, -0.15) is 0 Å². The monoisotopic (exact) mass is 186 g/mol. The standard InChI is InChI=1S/C8H14N2OS/c1-2-7(5-11)10-4-8-3-9-6-12-8/h3,6-7,10-11H,2,4-5H2,1H3/t7-/m0/s1. The zero-order valence-corrected chi connectivity index (χ0v) is 7.97. The van der Waals surface area contributed by atoms with Crippen LogP contribution < -0.4 is 5.32 Å². The second-order valence-electron chi connectivity index (χ2n) is 2.64. The Hall–Kier alpha value is -0.450.